The van der Waals surface area contributed by atoms with Crippen molar-refractivity contribution in [2.45, 2.75) is 46.3 Å². The van der Waals surface area contributed by atoms with Crippen LogP contribution in [-0.2, 0) is 18.6 Å². The van der Waals surface area contributed by atoms with Crippen LogP contribution in [-0.4, -0.2) is 34.6 Å². The van der Waals surface area contributed by atoms with E-state index < -0.39 is 0 Å². The molecule has 29 heavy (non-hydrogen) atoms. The molecular formula is C20H22FN7O. The average Bonchev–Trinajstić information content (AvgIpc) is 3.31. The molecule has 3 heterocycles. The zero-order valence-electron chi connectivity index (χ0n) is 16.8. The molecule has 4 aromatic rings. The summed E-state index contributed by atoms with van der Waals surface area (Å²) in [5.74, 6) is 1.06. The lowest BCUT2D eigenvalue weighted by molar-refractivity contribution is 0.264. The van der Waals surface area contributed by atoms with E-state index in [9.17, 15) is 4.39 Å². The Bertz CT molecular complexity index is 1160. The molecule has 0 spiro atoms. The third-order valence-corrected chi connectivity index (χ3v) is 4.62. The summed E-state index contributed by atoms with van der Waals surface area (Å²) >= 11 is 0. The second-order valence-electron chi connectivity index (χ2n) is 7.67. The number of hydrogen-bond donors (Lipinski definition) is 0. The first-order valence-electron chi connectivity index (χ1n) is 9.40. The van der Waals surface area contributed by atoms with Gasteiger partial charge in [-0.05, 0) is 30.5 Å². The van der Waals surface area contributed by atoms with Crippen molar-refractivity contribution in [2.24, 2.45) is 0 Å². The number of rotatable bonds is 5. The third kappa shape index (κ3) is 3.55. The maximum atomic E-state index is 14.3. The summed E-state index contributed by atoms with van der Waals surface area (Å²) in [6.45, 7) is 9.09. The van der Waals surface area contributed by atoms with E-state index in [1.807, 2.05) is 13.0 Å². The lowest BCUT2D eigenvalue weighted by atomic mass is 9.88. The maximum absolute atomic E-state index is 14.3. The molecule has 0 aliphatic heterocycles. The number of fused-ring (bicyclic) bond motifs is 1. The van der Waals surface area contributed by atoms with Crippen molar-refractivity contribution in [3.63, 3.8) is 0 Å². The van der Waals surface area contributed by atoms with Crippen LogP contribution in [0.3, 0.4) is 0 Å². The highest BCUT2D eigenvalue weighted by atomic mass is 19.1. The zero-order valence-corrected chi connectivity index (χ0v) is 16.8. The molecule has 3 aromatic heterocycles. The van der Waals surface area contributed by atoms with Crippen LogP contribution >= 0.6 is 0 Å². The fourth-order valence-corrected chi connectivity index (χ4v) is 3.07. The Morgan fingerprint density at radius 3 is 2.66 bits per heavy atom. The third-order valence-electron chi connectivity index (χ3n) is 4.62. The Labute approximate surface area is 167 Å². The Balaban J connectivity index is 1.80. The molecule has 0 unspecified atom stereocenters. The van der Waals surface area contributed by atoms with Gasteiger partial charge >= 0.3 is 0 Å². The van der Waals surface area contributed by atoms with Crippen LogP contribution in [0, 0.1) is 5.82 Å². The zero-order chi connectivity index (χ0) is 20.6. The molecule has 0 N–H and O–H groups in total. The monoisotopic (exact) mass is 395 g/mol. The molecule has 0 fully saturated rings. The molecule has 0 aliphatic carbocycles. The minimum atomic E-state index is -0.387. The average molecular weight is 395 g/mol. The SMILES string of the molecule is CCn1ncnc1COc1nn2c(-c3ccccc3F)nnc2cc1C(C)(C)C. The molecular weight excluding hydrogens is 373 g/mol. The van der Waals surface area contributed by atoms with E-state index in [0.29, 0.717) is 35.3 Å². The van der Waals surface area contributed by atoms with Gasteiger partial charge in [-0.2, -0.15) is 9.61 Å². The van der Waals surface area contributed by atoms with Crippen LogP contribution in [0.5, 0.6) is 5.88 Å². The first-order chi connectivity index (χ1) is 13.9. The largest absolute Gasteiger partial charge is 0.468 e. The number of ether oxygens (including phenoxy) is 1. The van der Waals surface area contributed by atoms with Crippen LogP contribution < -0.4 is 4.74 Å². The van der Waals surface area contributed by atoms with E-state index in [-0.39, 0.29) is 17.8 Å². The van der Waals surface area contributed by atoms with Crippen molar-refractivity contribution in [3.8, 4) is 17.3 Å². The standard InChI is InChI=1S/C20H22FN7O/c1-5-27-17(22-12-23-27)11-29-19-14(20(2,3)4)10-16-24-25-18(28(16)26-19)13-8-6-7-9-15(13)21/h6-10,12H,5,11H2,1-4H3. The van der Waals surface area contributed by atoms with Gasteiger partial charge in [-0.1, -0.05) is 32.9 Å². The van der Waals surface area contributed by atoms with Gasteiger partial charge < -0.3 is 4.74 Å². The van der Waals surface area contributed by atoms with E-state index in [1.54, 1.807) is 22.9 Å². The smallest absolute Gasteiger partial charge is 0.236 e. The van der Waals surface area contributed by atoms with Crippen molar-refractivity contribution in [3.05, 3.63) is 53.9 Å². The van der Waals surface area contributed by atoms with Crippen molar-refractivity contribution in [1.82, 2.24) is 34.6 Å². The summed E-state index contributed by atoms with van der Waals surface area (Å²) in [6, 6.07) is 8.29. The van der Waals surface area contributed by atoms with Gasteiger partial charge in [-0.15, -0.1) is 15.3 Å². The van der Waals surface area contributed by atoms with Crippen LogP contribution in [0.4, 0.5) is 4.39 Å². The topological polar surface area (TPSA) is 83.0 Å². The van der Waals surface area contributed by atoms with E-state index in [4.69, 9.17) is 4.74 Å². The van der Waals surface area contributed by atoms with E-state index in [0.717, 1.165) is 5.56 Å². The molecule has 0 bridgehead atoms. The highest BCUT2D eigenvalue weighted by Gasteiger charge is 2.24. The van der Waals surface area contributed by atoms with E-state index >= 15 is 0 Å². The van der Waals surface area contributed by atoms with Gasteiger partial charge in [-0.25, -0.2) is 14.1 Å². The summed E-state index contributed by atoms with van der Waals surface area (Å²) in [6.07, 6.45) is 1.50. The highest BCUT2D eigenvalue weighted by molar-refractivity contribution is 5.60. The van der Waals surface area contributed by atoms with Gasteiger partial charge in [0.05, 0.1) is 5.56 Å². The molecule has 0 saturated carbocycles. The first kappa shape index (κ1) is 19.0. The lowest BCUT2D eigenvalue weighted by Crippen LogP contribution is -2.17. The van der Waals surface area contributed by atoms with E-state index in [1.165, 1.54) is 16.9 Å². The van der Waals surface area contributed by atoms with Crippen molar-refractivity contribution in [2.75, 3.05) is 0 Å². The first-order valence-corrected chi connectivity index (χ1v) is 9.40. The lowest BCUT2D eigenvalue weighted by Gasteiger charge is -2.21. The Morgan fingerprint density at radius 1 is 1.14 bits per heavy atom. The molecule has 0 aliphatic rings. The van der Waals surface area contributed by atoms with Crippen molar-refractivity contribution >= 4 is 5.65 Å². The quantitative estimate of drug-likeness (QED) is 0.515. The minimum Gasteiger partial charge on any atom is -0.468 e. The highest BCUT2D eigenvalue weighted by Crippen LogP contribution is 2.32. The molecule has 0 saturated heterocycles. The summed E-state index contributed by atoms with van der Waals surface area (Å²) < 4.78 is 23.6. The Morgan fingerprint density at radius 2 is 1.93 bits per heavy atom. The van der Waals surface area contributed by atoms with Gasteiger partial charge in [0.15, 0.2) is 17.3 Å². The molecule has 0 amide bonds. The second-order valence-corrected chi connectivity index (χ2v) is 7.67. The molecule has 150 valence electrons. The number of nitrogens with zero attached hydrogens (tertiary/aromatic N) is 7. The summed E-state index contributed by atoms with van der Waals surface area (Å²) in [5, 5.41) is 17.1. The number of aromatic nitrogens is 7. The number of halogens is 1. The van der Waals surface area contributed by atoms with Gasteiger partial charge in [0, 0.05) is 12.1 Å². The molecule has 0 atom stereocenters. The van der Waals surface area contributed by atoms with Gasteiger partial charge in [-0.3, -0.25) is 0 Å². The van der Waals surface area contributed by atoms with E-state index in [2.05, 4.69) is 46.1 Å². The fourth-order valence-electron chi connectivity index (χ4n) is 3.07. The molecule has 0 radical (unpaired) electrons. The van der Waals surface area contributed by atoms with Crippen LogP contribution in [0.1, 0.15) is 39.1 Å². The van der Waals surface area contributed by atoms with Crippen LogP contribution in [0.25, 0.3) is 17.0 Å². The maximum Gasteiger partial charge on any atom is 0.236 e. The normalized spacial score (nSPS) is 11.9. The van der Waals surface area contributed by atoms with Gasteiger partial charge in [0.1, 0.15) is 18.8 Å². The summed E-state index contributed by atoms with van der Waals surface area (Å²) in [4.78, 5) is 4.24. The Hall–Kier alpha value is -3.36. The molecule has 1 aromatic carbocycles. The predicted molar refractivity (Wildman–Crippen MR) is 105 cm³/mol. The number of benzene rings is 1. The van der Waals surface area contributed by atoms with Crippen molar-refractivity contribution in [1.29, 1.82) is 0 Å². The molecule has 9 heteroatoms. The minimum absolute atomic E-state index is 0.215. The summed E-state index contributed by atoms with van der Waals surface area (Å²) in [5.41, 5.74) is 1.48. The second kappa shape index (κ2) is 7.23. The van der Waals surface area contributed by atoms with Gasteiger partial charge in [0.2, 0.25) is 5.88 Å². The Kier molecular flexibility index (Phi) is 4.73. The van der Waals surface area contributed by atoms with Gasteiger partial charge in [0.25, 0.3) is 0 Å². The number of hydrogen-bond acceptors (Lipinski definition) is 6. The molecule has 4 rings (SSSR count). The molecule has 8 nitrogen and oxygen atoms in total. The van der Waals surface area contributed by atoms with Crippen molar-refractivity contribution < 1.29 is 9.13 Å². The fraction of sp³-hybridized carbons (Fsp3) is 0.350. The number of aryl methyl sites for hydroxylation is 1. The van der Waals surface area contributed by atoms with Crippen LogP contribution in [0.2, 0.25) is 0 Å². The van der Waals surface area contributed by atoms with Crippen LogP contribution in [0.15, 0.2) is 36.7 Å². The summed E-state index contributed by atoms with van der Waals surface area (Å²) in [7, 11) is 0. The predicted octanol–water partition coefficient (Wildman–Crippen LogP) is 3.42.